The lowest BCUT2D eigenvalue weighted by Gasteiger charge is -2.26. The molecule has 0 saturated heterocycles. The van der Waals surface area contributed by atoms with E-state index in [1.165, 1.54) is 326 Å². The molecule has 0 N–H and O–H groups in total. The maximum Gasteiger partial charge on any atom is 0.208 e. The Labute approximate surface area is 594 Å². The molecule has 0 heterocycles. The highest BCUT2D eigenvalue weighted by Crippen LogP contribution is 2.58. The molecule has 552 valence electrons. The van der Waals surface area contributed by atoms with Crippen LogP contribution in [0.1, 0.15) is 427 Å². The zero-order valence-electron chi connectivity index (χ0n) is 64.6. The van der Waals surface area contributed by atoms with Gasteiger partial charge in [0, 0.05) is 16.2 Å². The fraction of sp³-hybridized carbons (Fsp3) is 0.800. The summed E-state index contributed by atoms with van der Waals surface area (Å²) in [5.41, 5.74) is 0. The average molecular weight is 1330 g/mol. The molecule has 0 spiro atoms. The first-order valence-electron chi connectivity index (χ1n) is 42.9. The minimum absolute atomic E-state index is 0.601. The Kier molecular flexibility index (Phi) is 54.2. The number of rotatable bonds is 72. The van der Waals surface area contributed by atoms with Crippen LogP contribution >= 0.6 is 0 Å². The Morgan fingerprint density at radius 1 is 0.167 bits per heavy atom. The summed E-state index contributed by atoms with van der Waals surface area (Å²) in [5.74, 6) is 4.75. The summed E-state index contributed by atoms with van der Waals surface area (Å²) in [6, 6.07) is 13.6. The maximum absolute atomic E-state index is 7.57. The van der Waals surface area contributed by atoms with Crippen LogP contribution in [0, 0.1) is 0 Å². The Morgan fingerprint density at radius 2 is 0.365 bits per heavy atom. The summed E-state index contributed by atoms with van der Waals surface area (Å²) >= 11 is 0. The number of hydrogen-bond donors (Lipinski definition) is 0. The molecule has 0 saturated carbocycles. The number of fused-ring (bicyclic) bond motifs is 6. The second kappa shape index (κ2) is 61.3. The Balaban J connectivity index is 1.89. The minimum Gasteiger partial charge on any atom is -0.490 e. The van der Waals surface area contributed by atoms with Gasteiger partial charge in [-0.3, -0.25) is 0 Å². The Morgan fingerprint density at radius 3 is 0.646 bits per heavy atom. The highest BCUT2D eigenvalue weighted by molar-refractivity contribution is 6.31. The Hall–Kier alpha value is -3.54. The van der Waals surface area contributed by atoms with E-state index in [1.54, 1.807) is 0 Å². The molecule has 0 aromatic heterocycles. The minimum atomic E-state index is 0.601. The molecular formula is C90H156O6. The van der Waals surface area contributed by atoms with Crippen LogP contribution in [0.25, 0.3) is 32.3 Å². The molecule has 0 aliphatic rings. The number of unbranched alkanes of at least 4 members (excludes halogenated alkanes) is 54. The van der Waals surface area contributed by atoms with Crippen LogP contribution in [0.3, 0.4) is 0 Å². The van der Waals surface area contributed by atoms with Crippen molar-refractivity contribution in [3.05, 3.63) is 36.4 Å². The van der Waals surface area contributed by atoms with Crippen molar-refractivity contribution in [3.63, 3.8) is 0 Å². The van der Waals surface area contributed by atoms with Crippen molar-refractivity contribution in [3.8, 4) is 34.5 Å². The third-order valence-corrected chi connectivity index (χ3v) is 20.7. The van der Waals surface area contributed by atoms with E-state index in [-0.39, 0.29) is 0 Å². The van der Waals surface area contributed by atoms with E-state index in [2.05, 4.69) is 77.9 Å². The average Bonchev–Trinajstić information content (AvgIpc) is 0.710. The van der Waals surface area contributed by atoms with E-state index in [1.807, 2.05) is 0 Å². The summed E-state index contributed by atoms with van der Waals surface area (Å²) < 4.78 is 44.4. The van der Waals surface area contributed by atoms with Crippen LogP contribution in [0.4, 0.5) is 0 Å². The van der Waals surface area contributed by atoms with Gasteiger partial charge in [-0.2, -0.15) is 0 Å². The van der Waals surface area contributed by atoms with Crippen LogP contribution in [-0.4, -0.2) is 39.6 Å². The predicted molar refractivity (Wildman–Crippen MR) is 423 cm³/mol. The van der Waals surface area contributed by atoms with Crippen molar-refractivity contribution in [1.82, 2.24) is 0 Å². The molecular weight excluding hydrogens is 1180 g/mol. The van der Waals surface area contributed by atoms with Crippen molar-refractivity contribution in [1.29, 1.82) is 0 Å². The van der Waals surface area contributed by atoms with Crippen LogP contribution in [0.2, 0.25) is 0 Å². The van der Waals surface area contributed by atoms with Crippen LogP contribution < -0.4 is 28.4 Å². The van der Waals surface area contributed by atoms with E-state index in [4.69, 9.17) is 28.4 Å². The fourth-order valence-corrected chi connectivity index (χ4v) is 14.5. The highest BCUT2D eigenvalue weighted by atomic mass is 16.6. The monoisotopic (exact) mass is 1330 g/mol. The topological polar surface area (TPSA) is 55.4 Å². The normalized spacial score (nSPS) is 11.7. The molecule has 0 fully saturated rings. The zero-order chi connectivity index (χ0) is 68.1. The van der Waals surface area contributed by atoms with Gasteiger partial charge in [0.2, 0.25) is 11.5 Å². The summed E-state index contributed by atoms with van der Waals surface area (Å²) in [6.45, 7) is 17.6. The lowest BCUT2D eigenvalue weighted by Crippen LogP contribution is -2.10. The first-order valence-corrected chi connectivity index (χ1v) is 42.9. The molecule has 0 aliphatic heterocycles. The number of benzene rings is 4. The molecule has 0 aliphatic carbocycles. The third kappa shape index (κ3) is 37.8. The molecule has 4 rings (SSSR count). The van der Waals surface area contributed by atoms with E-state index in [0.717, 1.165) is 126 Å². The molecule has 4 aromatic carbocycles. The summed E-state index contributed by atoms with van der Waals surface area (Å²) in [4.78, 5) is 0. The molecule has 0 bridgehead atoms. The van der Waals surface area contributed by atoms with Gasteiger partial charge in [0.15, 0.2) is 23.0 Å². The van der Waals surface area contributed by atoms with Gasteiger partial charge in [-0.1, -0.05) is 413 Å². The van der Waals surface area contributed by atoms with Crippen LogP contribution in [0.5, 0.6) is 34.5 Å². The molecule has 96 heavy (non-hydrogen) atoms. The van der Waals surface area contributed by atoms with E-state index in [9.17, 15) is 0 Å². The lowest BCUT2D eigenvalue weighted by molar-refractivity contribution is 0.222. The Bertz CT molecular complexity index is 2370. The molecule has 4 aromatic rings. The zero-order valence-corrected chi connectivity index (χ0v) is 64.6. The number of ether oxygens (including phenoxy) is 6. The summed E-state index contributed by atoms with van der Waals surface area (Å²) in [6.07, 6.45) is 76.9. The molecule has 0 unspecified atom stereocenters. The summed E-state index contributed by atoms with van der Waals surface area (Å²) in [7, 11) is 0. The van der Waals surface area contributed by atoms with Gasteiger partial charge in [0.05, 0.1) is 39.6 Å². The molecule has 0 amide bonds. The van der Waals surface area contributed by atoms with E-state index in [0.29, 0.717) is 39.6 Å². The summed E-state index contributed by atoms with van der Waals surface area (Å²) in [5, 5.41) is 6.65. The van der Waals surface area contributed by atoms with Gasteiger partial charge in [0.1, 0.15) is 0 Å². The van der Waals surface area contributed by atoms with Crippen LogP contribution in [0.15, 0.2) is 36.4 Å². The van der Waals surface area contributed by atoms with Crippen molar-refractivity contribution in [2.45, 2.75) is 427 Å². The predicted octanol–water partition coefficient (Wildman–Crippen LogP) is 30.9. The molecule has 0 radical (unpaired) electrons. The van der Waals surface area contributed by atoms with Crippen molar-refractivity contribution >= 4 is 32.3 Å². The molecule has 6 heteroatoms. The van der Waals surface area contributed by atoms with Gasteiger partial charge in [-0.15, -0.1) is 0 Å². The van der Waals surface area contributed by atoms with E-state index < -0.39 is 0 Å². The van der Waals surface area contributed by atoms with E-state index >= 15 is 0 Å². The first-order chi connectivity index (χ1) is 47.7. The second-order valence-electron chi connectivity index (χ2n) is 29.6. The highest BCUT2D eigenvalue weighted by Gasteiger charge is 2.31. The largest absolute Gasteiger partial charge is 0.490 e. The maximum atomic E-state index is 7.57. The van der Waals surface area contributed by atoms with Gasteiger partial charge in [0.25, 0.3) is 0 Å². The first kappa shape index (κ1) is 84.9. The lowest BCUT2D eigenvalue weighted by atomic mass is 9.91. The van der Waals surface area contributed by atoms with Crippen molar-refractivity contribution in [2.75, 3.05) is 39.6 Å². The van der Waals surface area contributed by atoms with Crippen molar-refractivity contribution in [2.24, 2.45) is 0 Å². The third-order valence-electron chi connectivity index (χ3n) is 20.7. The molecule has 0 atom stereocenters. The SMILES string of the molecule is CCCCCCCCCCCCOc1ccc2c3ccccc3c3c(OCCCCCCCCCCCC)c(OCCCCCCCCCCCC)c(OCCCCCCCCCCCC)c(OCCCCCCCCCCCC)c3c2c1OCCCCCCCCCCCC. The fourth-order valence-electron chi connectivity index (χ4n) is 14.5. The quantitative estimate of drug-likeness (QED) is 0.0324. The van der Waals surface area contributed by atoms with Gasteiger partial charge < -0.3 is 28.4 Å². The molecule has 6 nitrogen and oxygen atoms in total. The standard InChI is InChI=1S/C90H156O6/c1-7-13-19-25-31-37-43-49-55-63-73-91-82-72-71-81-79-69-61-62-70-80(79)84-85(83(81)86(82)92-74-64-56-50-44-38-32-26-20-14-8-2)88(94-76-66-58-52-46-40-34-28-22-16-10-4)90(96-78-68-60-54-48-42-36-30-24-18-12-6)89(95-77-67-59-53-47-41-35-29-23-17-11-5)87(84)93-75-65-57-51-45-39-33-27-21-15-9-3/h61-62,69-72H,7-60,63-68,73-78H2,1-6H3. The van der Waals surface area contributed by atoms with Gasteiger partial charge >= 0.3 is 0 Å². The van der Waals surface area contributed by atoms with Crippen LogP contribution in [-0.2, 0) is 0 Å². The van der Waals surface area contributed by atoms with Crippen molar-refractivity contribution < 1.29 is 28.4 Å². The second-order valence-corrected chi connectivity index (χ2v) is 29.6. The van der Waals surface area contributed by atoms with Gasteiger partial charge in [-0.25, -0.2) is 0 Å². The van der Waals surface area contributed by atoms with Gasteiger partial charge in [-0.05, 0) is 66.8 Å². The number of hydrogen-bond acceptors (Lipinski definition) is 6. The smallest absolute Gasteiger partial charge is 0.208 e.